The Hall–Kier alpha value is -0.580. The monoisotopic (exact) mass is 298 g/mol. The minimum absolute atomic E-state index is 0.00719. The number of rotatable bonds is 7. The predicted octanol–water partition coefficient (Wildman–Crippen LogP) is 3.07. The van der Waals surface area contributed by atoms with Gasteiger partial charge >= 0.3 is 0 Å². The van der Waals surface area contributed by atoms with Crippen molar-refractivity contribution in [2.24, 2.45) is 11.7 Å². The van der Waals surface area contributed by atoms with E-state index in [0.29, 0.717) is 5.02 Å². The Kier molecular flexibility index (Phi) is 5.87. The Morgan fingerprint density at radius 1 is 1.45 bits per heavy atom. The minimum Gasteiger partial charge on any atom is -0.323 e. The third kappa shape index (κ3) is 4.21. The summed E-state index contributed by atoms with van der Waals surface area (Å²) in [6.45, 7) is 1.78. The third-order valence-corrected chi connectivity index (χ3v) is 4.60. The molecule has 20 heavy (non-hydrogen) atoms. The van der Waals surface area contributed by atoms with Crippen LogP contribution in [0.15, 0.2) is 6.20 Å². The fourth-order valence-corrected chi connectivity index (χ4v) is 3.35. The molecule has 0 bridgehead atoms. The van der Waals surface area contributed by atoms with E-state index in [9.17, 15) is 0 Å². The fraction of sp³-hybridized carbons (Fsp3) is 0.800. The van der Waals surface area contributed by atoms with Crippen molar-refractivity contribution in [3.05, 3.63) is 16.9 Å². The molecular formula is C15H27ClN4. The smallest absolute Gasteiger partial charge is 0.0834 e. The van der Waals surface area contributed by atoms with Gasteiger partial charge in [-0.05, 0) is 32.9 Å². The van der Waals surface area contributed by atoms with Crippen molar-refractivity contribution in [2.45, 2.75) is 51.1 Å². The van der Waals surface area contributed by atoms with Crippen LogP contribution in [0.5, 0.6) is 0 Å². The molecule has 1 fully saturated rings. The van der Waals surface area contributed by atoms with Crippen molar-refractivity contribution < 1.29 is 0 Å². The van der Waals surface area contributed by atoms with E-state index in [1.807, 2.05) is 4.68 Å². The number of nitrogens with two attached hydrogens (primary N) is 1. The van der Waals surface area contributed by atoms with Gasteiger partial charge in [-0.3, -0.25) is 4.68 Å². The highest BCUT2D eigenvalue weighted by Crippen LogP contribution is 2.32. The van der Waals surface area contributed by atoms with Gasteiger partial charge in [0.2, 0.25) is 0 Å². The number of halogens is 1. The van der Waals surface area contributed by atoms with Gasteiger partial charge in [-0.2, -0.15) is 5.10 Å². The zero-order valence-corrected chi connectivity index (χ0v) is 13.4. The maximum absolute atomic E-state index is 6.37. The van der Waals surface area contributed by atoms with Crippen LogP contribution in [0.2, 0.25) is 5.02 Å². The molecule has 1 heterocycles. The zero-order valence-electron chi connectivity index (χ0n) is 12.7. The number of hydrogen-bond donors (Lipinski definition) is 1. The van der Waals surface area contributed by atoms with E-state index in [4.69, 9.17) is 17.3 Å². The third-order valence-electron chi connectivity index (χ3n) is 4.30. The molecule has 1 saturated carbocycles. The zero-order chi connectivity index (χ0) is 14.5. The van der Waals surface area contributed by atoms with Crippen LogP contribution in [0.3, 0.4) is 0 Å². The van der Waals surface area contributed by atoms with Gasteiger partial charge < -0.3 is 10.6 Å². The molecule has 2 rings (SSSR count). The molecule has 1 unspecified atom stereocenters. The second-order valence-electron chi connectivity index (χ2n) is 6.24. The molecule has 1 aliphatic carbocycles. The van der Waals surface area contributed by atoms with E-state index in [-0.39, 0.29) is 6.04 Å². The molecule has 0 spiro atoms. The molecule has 0 saturated heterocycles. The van der Waals surface area contributed by atoms with Gasteiger partial charge in [-0.15, -0.1) is 0 Å². The first-order chi connectivity index (χ1) is 9.58. The van der Waals surface area contributed by atoms with Gasteiger partial charge in [-0.1, -0.05) is 37.3 Å². The SMILES string of the molecule is CN(C)CCn1ncc(Cl)c1C(N)CCC1CCCC1. The van der Waals surface area contributed by atoms with E-state index in [0.717, 1.165) is 31.1 Å². The van der Waals surface area contributed by atoms with Crippen LogP contribution >= 0.6 is 11.6 Å². The number of aromatic nitrogens is 2. The Morgan fingerprint density at radius 2 is 2.15 bits per heavy atom. The average Bonchev–Trinajstić information content (AvgIpc) is 3.03. The van der Waals surface area contributed by atoms with Crippen LogP contribution in [0.4, 0.5) is 0 Å². The number of nitrogens with zero attached hydrogens (tertiary/aromatic N) is 3. The van der Waals surface area contributed by atoms with Crippen molar-refractivity contribution in [1.82, 2.24) is 14.7 Å². The first-order valence-electron chi connectivity index (χ1n) is 7.69. The van der Waals surface area contributed by atoms with Gasteiger partial charge in [0.05, 0.1) is 23.5 Å². The van der Waals surface area contributed by atoms with Crippen molar-refractivity contribution in [3.63, 3.8) is 0 Å². The van der Waals surface area contributed by atoms with Crippen LogP contribution in [0.1, 0.15) is 50.3 Å². The Labute approximate surface area is 127 Å². The molecule has 2 N–H and O–H groups in total. The molecular weight excluding hydrogens is 272 g/mol. The average molecular weight is 299 g/mol. The second-order valence-corrected chi connectivity index (χ2v) is 6.65. The molecule has 0 amide bonds. The summed E-state index contributed by atoms with van der Waals surface area (Å²) >= 11 is 6.27. The quantitative estimate of drug-likeness (QED) is 0.841. The summed E-state index contributed by atoms with van der Waals surface area (Å²) in [4.78, 5) is 2.14. The lowest BCUT2D eigenvalue weighted by atomic mass is 9.97. The molecule has 1 aromatic heterocycles. The van der Waals surface area contributed by atoms with Gasteiger partial charge in [0.25, 0.3) is 0 Å². The molecule has 1 atom stereocenters. The lowest BCUT2D eigenvalue weighted by Crippen LogP contribution is -2.23. The summed E-state index contributed by atoms with van der Waals surface area (Å²) in [6.07, 6.45) is 9.49. The Morgan fingerprint density at radius 3 is 2.80 bits per heavy atom. The van der Waals surface area contributed by atoms with Gasteiger partial charge in [0, 0.05) is 12.6 Å². The topological polar surface area (TPSA) is 47.1 Å². The molecule has 1 aliphatic rings. The van der Waals surface area contributed by atoms with Crippen molar-refractivity contribution in [3.8, 4) is 0 Å². The summed E-state index contributed by atoms with van der Waals surface area (Å²) in [5.74, 6) is 0.873. The number of hydrogen-bond acceptors (Lipinski definition) is 3. The van der Waals surface area contributed by atoms with E-state index in [1.54, 1.807) is 6.20 Å². The van der Waals surface area contributed by atoms with Gasteiger partial charge in [0.15, 0.2) is 0 Å². The summed E-state index contributed by atoms with van der Waals surface area (Å²) in [5.41, 5.74) is 7.37. The largest absolute Gasteiger partial charge is 0.323 e. The second kappa shape index (κ2) is 7.43. The van der Waals surface area contributed by atoms with Crippen molar-refractivity contribution >= 4 is 11.6 Å². The Balaban J connectivity index is 1.93. The summed E-state index contributed by atoms with van der Waals surface area (Å²) in [5, 5.41) is 5.08. The standard InChI is InChI=1S/C15H27ClN4/c1-19(2)9-10-20-15(13(16)11-18-20)14(17)8-7-12-5-3-4-6-12/h11-12,14H,3-10,17H2,1-2H3. The molecule has 1 aromatic rings. The fourth-order valence-electron chi connectivity index (χ4n) is 3.06. The van der Waals surface area contributed by atoms with Crippen LogP contribution in [0.25, 0.3) is 0 Å². The van der Waals surface area contributed by atoms with Crippen LogP contribution < -0.4 is 5.73 Å². The Bertz CT molecular complexity index is 410. The van der Waals surface area contributed by atoms with Gasteiger partial charge in [0.1, 0.15) is 0 Å². The summed E-state index contributed by atoms with van der Waals surface area (Å²) in [6, 6.07) is 0.00719. The summed E-state index contributed by atoms with van der Waals surface area (Å²) in [7, 11) is 4.12. The minimum atomic E-state index is 0.00719. The predicted molar refractivity (Wildman–Crippen MR) is 83.9 cm³/mol. The van der Waals surface area contributed by atoms with Gasteiger partial charge in [-0.25, -0.2) is 0 Å². The maximum atomic E-state index is 6.37. The molecule has 4 nitrogen and oxygen atoms in total. The lowest BCUT2D eigenvalue weighted by molar-refractivity contribution is 0.362. The van der Waals surface area contributed by atoms with E-state index in [1.165, 1.54) is 32.1 Å². The van der Waals surface area contributed by atoms with Crippen molar-refractivity contribution in [2.75, 3.05) is 20.6 Å². The number of likely N-dealkylation sites (N-methyl/N-ethyl adjacent to an activating group) is 1. The molecule has 0 aromatic carbocycles. The van der Waals surface area contributed by atoms with E-state index < -0.39 is 0 Å². The van der Waals surface area contributed by atoms with E-state index >= 15 is 0 Å². The van der Waals surface area contributed by atoms with Crippen molar-refractivity contribution in [1.29, 1.82) is 0 Å². The highest BCUT2D eigenvalue weighted by atomic mass is 35.5. The lowest BCUT2D eigenvalue weighted by Gasteiger charge is -2.18. The van der Waals surface area contributed by atoms with Crippen LogP contribution in [-0.4, -0.2) is 35.3 Å². The molecule has 0 aliphatic heterocycles. The van der Waals surface area contributed by atoms with E-state index in [2.05, 4.69) is 24.1 Å². The van der Waals surface area contributed by atoms with Crippen LogP contribution in [-0.2, 0) is 6.54 Å². The normalized spacial score (nSPS) is 18.1. The van der Waals surface area contributed by atoms with Crippen LogP contribution in [0, 0.1) is 5.92 Å². The molecule has 5 heteroatoms. The molecule has 0 radical (unpaired) electrons. The maximum Gasteiger partial charge on any atom is 0.0834 e. The first-order valence-corrected chi connectivity index (χ1v) is 8.07. The summed E-state index contributed by atoms with van der Waals surface area (Å²) < 4.78 is 1.97. The highest BCUT2D eigenvalue weighted by Gasteiger charge is 2.20. The molecule has 114 valence electrons. The highest BCUT2D eigenvalue weighted by molar-refractivity contribution is 6.31. The first kappa shape index (κ1) is 15.8.